The number of hydrogen-bond donors (Lipinski definition) is 2. The van der Waals surface area contributed by atoms with Crippen LogP contribution in [0.25, 0.3) is 0 Å². The minimum atomic E-state index is -0.830. The molecule has 1 aliphatic rings. The van der Waals surface area contributed by atoms with Gasteiger partial charge in [-0.05, 0) is 18.8 Å². The summed E-state index contributed by atoms with van der Waals surface area (Å²) in [6, 6.07) is -0.162. The van der Waals surface area contributed by atoms with Crippen LogP contribution in [-0.4, -0.2) is 41.6 Å². The molecule has 0 bridgehead atoms. The Morgan fingerprint density at radius 3 is 2.41 bits per heavy atom. The highest BCUT2D eigenvalue weighted by atomic mass is 16.4. The fourth-order valence-electron chi connectivity index (χ4n) is 1.76. The lowest BCUT2D eigenvalue weighted by molar-refractivity contribution is -0.147. The molecule has 1 rings (SSSR count). The molecule has 2 amide bonds. The number of amides is 2. The maximum Gasteiger partial charge on any atom is 0.317 e. The van der Waals surface area contributed by atoms with Gasteiger partial charge in [-0.15, -0.1) is 0 Å². The van der Waals surface area contributed by atoms with Crippen molar-refractivity contribution >= 4 is 12.0 Å². The van der Waals surface area contributed by atoms with Crippen molar-refractivity contribution in [3.05, 3.63) is 0 Å². The van der Waals surface area contributed by atoms with Crippen molar-refractivity contribution in [1.82, 2.24) is 10.2 Å². The molecule has 5 heteroatoms. The molecule has 1 atom stereocenters. The smallest absolute Gasteiger partial charge is 0.317 e. The Kier molecular flexibility index (Phi) is 3.69. The number of nitrogens with zero attached hydrogens (tertiary/aromatic N) is 1. The number of carbonyl (C=O) groups excluding carboxylic acids is 1. The van der Waals surface area contributed by atoms with Crippen molar-refractivity contribution in [2.24, 2.45) is 10.8 Å². The van der Waals surface area contributed by atoms with Crippen molar-refractivity contribution in [1.29, 1.82) is 0 Å². The average Bonchev–Trinajstić information content (AvgIpc) is 2.58. The van der Waals surface area contributed by atoms with Crippen LogP contribution in [0.15, 0.2) is 0 Å². The van der Waals surface area contributed by atoms with Gasteiger partial charge >= 0.3 is 12.0 Å². The number of nitrogens with one attached hydrogen (secondary N) is 1. The highest BCUT2D eigenvalue weighted by Crippen LogP contribution is 2.30. The Morgan fingerprint density at radius 2 is 2.00 bits per heavy atom. The molecule has 98 valence electrons. The number of carbonyl (C=O) groups is 2. The summed E-state index contributed by atoms with van der Waals surface area (Å²) in [5, 5.41) is 11.9. The first-order chi connectivity index (χ1) is 7.64. The van der Waals surface area contributed by atoms with Crippen molar-refractivity contribution in [3.63, 3.8) is 0 Å². The summed E-state index contributed by atoms with van der Waals surface area (Å²) < 4.78 is 0. The molecule has 1 fully saturated rings. The van der Waals surface area contributed by atoms with Crippen LogP contribution in [0.3, 0.4) is 0 Å². The first kappa shape index (κ1) is 13.8. The summed E-state index contributed by atoms with van der Waals surface area (Å²) in [5.74, 6) is -0.830. The number of likely N-dealkylation sites (tertiary alicyclic amines) is 1. The second kappa shape index (κ2) is 4.55. The van der Waals surface area contributed by atoms with Crippen LogP contribution in [0.2, 0.25) is 0 Å². The van der Waals surface area contributed by atoms with Crippen LogP contribution in [0.5, 0.6) is 0 Å². The van der Waals surface area contributed by atoms with E-state index in [4.69, 9.17) is 5.11 Å². The van der Waals surface area contributed by atoms with Crippen LogP contribution in [0.4, 0.5) is 4.79 Å². The molecular weight excluding hydrogens is 220 g/mol. The average molecular weight is 242 g/mol. The van der Waals surface area contributed by atoms with Gasteiger partial charge in [-0.2, -0.15) is 0 Å². The lowest BCUT2D eigenvalue weighted by Crippen LogP contribution is -2.43. The monoisotopic (exact) mass is 242 g/mol. The van der Waals surface area contributed by atoms with Crippen LogP contribution < -0.4 is 5.32 Å². The van der Waals surface area contributed by atoms with Crippen LogP contribution in [0, 0.1) is 10.8 Å². The molecule has 1 saturated heterocycles. The molecular formula is C12H22N2O3. The number of aliphatic carboxylic acids is 1. The molecule has 5 nitrogen and oxygen atoms in total. The highest BCUT2D eigenvalue weighted by molar-refractivity contribution is 5.79. The molecule has 0 aromatic heterocycles. The minimum Gasteiger partial charge on any atom is -0.481 e. The summed E-state index contributed by atoms with van der Waals surface area (Å²) in [6.45, 7) is 9.20. The van der Waals surface area contributed by atoms with E-state index in [-0.39, 0.29) is 18.0 Å². The summed E-state index contributed by atoms with van der Waals surface area (Å²) in [4.78, 5) is 24.5. The van der Waals surface area contributed by atoms with Gasteiger partial charge in [0.25, 0.3) is 0 Å². The van der Waals surface area contributed by atoms with Gasteiger partial charge in [-0.1, -0.05) is 20.8 Å². The number of urea groups is 1. The van der Waals surface area contributed by atoms with E-state index in [0.29, 0.717) is 19.5 Å². The Hall–Kier alpha value is -1.26. The Bertz CT molecular complexity index is 322. The van der Waals surface area contributed by atoms with Gasteiger partial charge in [0.05, 0.1) is 5.41 Å². The fraction of sp³-hybridized carbons (Fsp3) is 0.833. The number of carboxylic acids is 1. The van der Waals surface area contributed by atoms with E-state index in [2.05, 4.69) is 5.32 Å². The molecule has 0 aromatic carbocycles. The third-order valence-corrected chi connectivity index (χ3v) is 3.05. The van der Waals surface area contributed by atoms with E-state index < -0.39 is 11.4 Å². The molecule has 0 radical (unpaired) electrons. The molecule has 0 spiro atoms. The van der Waals surface area contributed by atoms with Gasteiger partial charge in [0.15, 0.2) is 0 Å². The predicted octanol–water partition coefficient (Wildman–Crippen LogP) is 1.54. The van der Waals surface area contributed by atoms with E-state index in [9.17, 15) is 9.59 Å². The van der Waals surface area contributed by atoms with E-state index >= 15 is 0 Å². The van der Waals surface area contributed by atoms with Gasteiger partial charge in [-0.3, -0.25) is 4.79 Å². The maximum atomic E-state index is 11.8. The normalized spacial score (nSPS) is 24.8. The molecule has 1 aliphatic heterocycles. The van der Waals surface area contributed by atoms with Gasteiger partial charge in [0, 0.05) is 19.6 Å². The van der Waals surface area contributed by atoms with Crippen molar-refractivity contribution in [2.45, 2.75) is 34.1 Å². The first-order valence-corrected chi connectivity index (χ1v) is 5.90. The molecule has 17 heavy (non-hydrogen) atoms. The Balaban J connectivity index is 2.49. The largest absolute Gasteiger partial charge is 0.481 e. The molecule has 2 N–H and O–H groups in total. The summed E-state index contributed by atoms with van der Waals surface area (Å²) >= 11 is 0. The van der Waals surface area contributed by atoms with E-state index in [0.717, 1.165) is 0 Å². The number of hydrogen-bond acceptors (Lipinski definition) is 2. The molecule has 0 aliphatic carbocycles. The Morgan fingerprint density at radius 1 is 1.41 bits per heavy atom. The molecule has 0 saturated carbocycles. The summed E-state index contributed by atoms with van der Waals surface area (Å²) in [5.41, 5.74) is -0.759. The predicted molar refractivity (Wildman–Crippen MR) is 64.8 cm³/mol. The van der Waals surface area contributed by atoms with Gasteiger partial charge in [0.1, 0.15) is 0 Å². The fourth-order valence-corrected chi connectivity index (χ4v) is 1.76. The first-order valence-electron chi connectivity index (χ1n) is 5.90. The molecule has 1 unspecified atom stereocenters. The van der Waals surface area contributed by atoms with Crippen molar-refractivity contribution < 1.29 is 14.7 Å². The summed E-state index contributed by atoms with van der Waals surface area (Å²) in [6.07, 6.45) is 0.519. The van der Waals surface area contributed by atoms with Gasteiger partial charge in [-0.25, -0.2) is 4.79 Å². The van der Waals surface area contributed by atoms with E-state index in [1.54, 1.807) is 11.8 Å². The number of carboxylic acid groups (broad SMARTS) is 1. The van der Waals surface area contributed by atoms with Crippen LogP contribution in [-0.2, 0) is 4.79 Å². The zero-order valence-electron chi connectivity index (χ0n) is 11.0. The standard InChI is InChI=1S/C12H22N2O3/c1-11(2,3)7-13-10(17)14-6-5-12(4,8-14)9(15)16/h5-8H2,1-4H3,(H,13,17)(H,15,16). The number of rotatable bonds is 2. The van der Waals surface area contributed by atoms with Crippen molar-refractivity contribution in [2.75, 3.05) is 19.6 Å². The maximum absolute atomic E-state index is 11.8. The second-order valence-corrected chi connectivity index (χ2v) is 6.26. The zero-order valence-corrected chi connectivity index (χ0v) is 11.0. The molecule has 0 aromatic rings. The van der Waals surface area contributed by atoms with Crippen molar-refractivity contribution in [3.8, 4) is 0 Å². The van der Waals surface area contributed by atoms with Gasteiger partial charge in [0.2, 0.25) is 0 Å². The lowest BCUT2D eigenvalue weighted by Gasteiger charge is -2.24. The van der Waals surface area contributed by atoms with Gasteiger partial charge < -0.3 is 15.3 Å². The second-order valence-electron chi connectivity index (χ2n) is 6.26. The highest BCUT2D eigenvalue weighted by Gasteiger charge is 2.42. The topological polar surface area (TPSA) is 69.6 Å². The lowest BCUT2D eigenvalue weighted by atomic mass is 9.90. The zero-order chi connectivity index (χ0) is 13.3. The Labute approximate surface area is 102 Å². The summed E-state index contributed by atoms with van der Waals surface area (Å²) in [7, 11) is 0. The van der Waals surface area contributed by atoms with E-state index in [1.165, 1.54) is 0 Å². The van der Waals surface area contributed by atoms with Crippen LogP contribution in [0.1, 0.15) is 34.1 Å². The van der Waals surface area contributed by atoms with Crippen LogP contribution >= 0.6 is 0 Å². The third-order valence-electron chi connectivity index (χ3n) is 3.05. The van der Waals surface area contributed by atoms with E-state index in [1.807, 2.05) is 20.8 Å². The quantitative estimate of drug-likeness (QED) is 0.771. The SMILES string of the molecule is CC(C)(C)CNC(=O)N1CCC(C)(C(=O)O)C1. The third kappa shape index (κ3) is 3.61. The minimum absolute atomic E-state index is 0.0332. The molecule has 1 heterocycles.